The van der Waals surface area contributed by atoms with E-state index in [9.17, 15) is 0 Å². The summed E-state index contributed by atoms with van der Waals surface area (Å²) in [6, 6.07) is 8.18. The molecule has 1 aliphatic heterocycles. The molecule has 0 aliphatic carbocycles. The Morgan fingerprint density at radius 2 is 2.18 bits per heavy atom. The fraction of sp³-hybridized carbons (Fsp3) is 0.227. The Morgan fingerprint density at radius 1 is 1.25 bits per heavy atom. The van der Waals surface area contributed by atoms with Gasteiger partial charge in [0.25, 0.3) is 0 Å². The highest BCUT2D eigenvalue weighted by atomic mass is 32.1. The van der Waals surface area contributed by atoms with Crippen LogP contribution < -0.4 is 4.90 Å². The first-order valence-corrected chi connectivity index (χ1v) is 10.0. The van der Waals surface area contributed by atoms with Crippen LogP contribution in [-0.4, -0.2) is 41.8 Å². The van der Waals surface area contributed by atoms with Crippen molar-refractivity contribution in [1.82, 2.24) is 15.0 Å². The van der Waals surface area contributed by atoms with Crippen LogP contribution in [0.2, 0.25) is 0 Å². The quantitative estimate of drug-likeness (QED) is 0.451. The van der Waals surface area contributed by atoms with Crippen molar-refractivity contribution < 1.29 is 4.74 Å². The van der Waals surface area contributed by atoms with Gasteiger partial charge in [0, 0.05) is 37.7 Å². The number of aromatic nitrogens is 3. The Bertz CT molecular complexity index is 997. The molecule has 0 fully saturated rings. The van der Waals surface area contributed by atoms with Crippen LogP contribution in [0.3, 0.4) is 0 Å². The van der Waals surface area contributed by atoms with Gasteiger partial charge in [-0.3, -0.25) is 4.98 Å². The Hall–Kier alpha value is -2.83. The van der Waals surface area contributed by atoms with Crippen molar-refractivity contribution >= 4 is 22.6 Å². The molecule has 1 aliphatic rings. The van der Waals surface area contributed by atoms with Crippen molar-refractivity contribution in [3.8, 4) is 21.1 Å². The predicted octanol–water partition coefficient (Wildman–Crippen LogP) is 4.69. The van der Waals surface area contributed by atoms with Crippen LogP contribution in [0.4, 0.5) is 5.69 Å². The third-order valence-electron chi connectivity index (χ3n) is 4.66. The minimum absolute atomic E-state index is 0.558. The van der Waals surface area contributed by atoms with Gasteiger partial charge in [-0.05, 0) is 36.3 Å². The van der Waals surface area contributed by atoms with Crippen molar-refractivity contribution in [2.75, 3.05) is 31.7 Å². The first-order valence-electron chi connectivity index (χ1n) is 9.23. The van der Waals surface area contributed by atoms with Gasteiger partial charge in [0.2, 0.25) is 0 Å². The van der Waals surface area contributed by atoms with E-state index in [2.05, 4.69) is 46.7 Å². The summed E-state index contributed by atoms with van der Waals surface area (Å²) in [5.41, 5.74) is 5.39. The zero-order valence-corrected chi connectivity index (χ0v) is 16.7. The SMILES string of the molecule is C=CCOC/C=C1/CCN(C)c2ccc(-c3cnc(-c4cccnc4)s3)nc21. The highest BCUT2D eigenvalue weighted by Crippen LogP contribution is 2.36. The third kappa shape index (κ3) is 3.88. The van der Waals surface area contributed by atoms with Crippen LogP contribution in [0.5, 0.6) is 0 Å². The number of pyridine rings is 2. The second-order valence-corrected chi connectivity index (χ2v) is 7.59. The monoisotopic (exact) mass is 390 g/mol. The van der Waals surface area contributed by atoms with Crippen LogP contribution >= 0.6 is 11.3 Å². The maximum absolute atomic E-state index is 5.54. The lowest BCUT2D eigenvalue weighted by atomic mass is 10.0. The van der Waals surface area contributed by atoms with E-state index in [0.29, 0.717) is 13.2 Å². The van der Waals surface area contributed by atoms with E-state index in [4.69, 9.17) is 9.72 Å². The normalized spacial score (nSPS) is 14.9. The predicted molar refractivity (Wildman–Crippen MR) is 115 cm³/mol. The maximum Gasteiger partial charge on any atom is 0.125 e. The van der Waals surface area contributed by atoms with Crippen LogP contribution in [0.1, 0.15) is 12.1 Å². The first kappa shape index (κ1) is 18.5. The average molecular weight is 391 g/mol. The molecule has 0 N–H and O–H groups in total. The van der Waals surface area contributed by atoms with E-state index in [1.807, 2.05) is 24.5 Å². The maximum atomic E-state index is 5.54. The number of hydrogen-bond donors (Lipinski definition) is 0. The molecule has 0 amide bonds. The molecule has 3 aromatic rings. The van der Waals surface area contributed by atoms with Crippen molar-refractivity contribution in [3.63, 3.8) is 0 Å². The highest BCUT2D eigenvalue weighted by Gasteiger charge is 2.20. The fourth-order valence-corrected chi connectivity index (χ4v) is 4.06. The van der Waals surface area contributed by atoms with Gasteiger partial charge in [0.1, 0.15) is 5.01 Å². The molecule has 0 unspecified atom stereocenters. The first-order chi connectivity index (χ1) is 13.8. The van der Waals surface area contributed by atoms with E-state index in [1.54, 1.807) is 23.6 Å². The molecule has 0 bridgehead atoms. The van der Waals surface area contributed by atoms with Crippen molar-refractivity contribution in [1.29, 1.82) is 0 Å². The van der Waals surface area contributed by atoms with Crippen LogP contribution in [0.25, 0.3) is 26.7 Å². The average Bonchev–Trinajstić information content (AvgIpc) is 3.23. The molecule has 0 spiro atoms. The van der Waals surface area contributed by atoms with Gasteiger partial charge in [0.05, 0.1) is 35.2 Å². The number of ether oxygens (including phenoxy) is 1. The van der Waals surface area contributed by atoms with Crippen molar-refractivity contribution in [2.45, 2.75) is 6.42 Å². The summed E-state index contributed by atoms with van der Waals surface area (Å²) in [5, 5.41) is 0.952. The lowest BCUT2D eigenvalue weighted by molar-refractivity contribution is 0.194. The number of anilines is 1. The number of thiazole rings is 1. The highest BCUT2D eigenvalue weighted by molar-refractivity contribution is 7.18. The summed E-state index contributed by atoms with van der Waals surface area (Å²) in [7, 11) is 2.11. The fourth-order valence-electron chi connectivity index (χ4n) is 3.19. The Kier molecular flexibility index (Phi) is 5.60. The van der Waals surface area contributed by atoms with Crippen LogP contribution in [-0.2, 0) is 4.74 Å². The minimum Gasteiger partial charge on any atom is -0.373 e. The molecule has 0 radical (unpaired) electrons. The number of rotatable bonds is 6. The number of hydrogen-bond acceptors (Lipinski definition) is 6. The lowest BCUT2D eigenvalue weighted by Gasteiger charge is -2.28. The van der Waals surface area contributed by atoms with Gasteiger partial charge < -0.3 is 9.64 Å². The van der Waals surface area contributed by atoms with Gasteiger partial charge in [-0.2, -0.15) is 0 Å². The molecule has 0 saturated heterocycles. The Labute approximate surface area is 169 Å². The zero-order chi connectivity index (χ0) is 19.3. The molecule has 142 valence electrons. The van der Waals surface area contributed by atoms with Gasteiger partial charge in [-0.15, -0.1) is 17.9 Å². The molecular weight excluding hydrogens is 368 g/mol. The van der Waals surface area contributed by atoms with E-state index >= 15 is 0 Å². The molecule has 0 atom stereocenters. The summed E-state index contributed by atoms with van der Waals surface area (Å²) in [6.45, 7) is 5.79. The second kappa shape index (κ2) is 8.46. The van der Waals surface area contributed by atoms with E-state index in [0.717, 1.165) is 45.5 Å². The van der Waals surface area contributed by atoms with Crippen molar-refractivity contribution in [2.24, 2.45) is 0 Å². The van der Waals surface area contributed by atoms with Gasteiger partial charge in [0.15, 0.2) is 0 Å². The molecule has 5 nitrogen and oxygen atoms in total. The molecule has 0 aromatic carbocycles. The molecule has 3 aromatic heterocycles. The zero-order valence-electron chi connectivity index (χ0n) is 15.8. The number of nitrogens with zero attached hydrogens (tertiary/aromatic N) is 4. The second-order valence-electron chi connectivity index (χ2n) is 6.56. The lowest BCUT2D eigenvalue weighted by Crippen LogP contribution is -2.25. The number of fused-ring (bicyclic) bond motifs is 1. The minimum atomic E-state index is 0.558. The van der Waals surface area contributed by atoms with E-state index < -0.39 is 0 Å². The van der Waals surface area contributed by atoms with Crippen LogP contribution in [0, 0.1) is 0 Å². The third-order valence-corrected chi connectivity index (χ3v) is 5.72. The van der Waals surface area contributed by atoms with E-state index in [-0.39, 0.29) is 0 Å². The van der Waals surface area contributed by atoms with Gasteiger partial charge >= 0.3 is 0 Å². The summed E-state index contributed by atoms with van der Waals surface area (Å²) < 4.78 is 5.54. The summed E-state index contributed by atoms with van der Waals surface area (Å²) in [4.78, 5) is 17.0. The molecular formula is C22H22N4OS. The van der Waals surface area contributed by atoms with Gasteiger partial charge in [-0.25, -0.2) is 9.97 Å². The summed E-state index contributed by atoms with van der Waals surface area (Å²) in [5.74, 6) is 0. The smallest absolute Gasteiger partial charge is 0.125 e. The molecule has 6 heteroatoms. The molecule has 4 heterocycles. The van der Waals surface area contributed by atoms with E-state index in [1.165, 1.54) is 5.57 Å². The molecule has 28 heavy (non-hydrogen) atoms. The van der Waals surface area contributed by atoms with Crippen molar-refractivity contribution in [3.05, 3.63) is 67.3 Å². The summed E-state index contributed by atoms with van der Waals surface area (Å²) >= 11 is 1.63. The largest absolute Gasteiger partial charge is 0.373 e. The Balaban J connectivity index is 1.65. The standard InChI is InChI=1S/C22H22N4OS/c1-3-12-27-13-9-16-8-11-26(2)19-7-6-18(25-21(16)19)20-15-24-22(28-20)17-5-4-10-23-14-17/h3-7,9-10,14-15H,1,8,11-13H2,2H3/b16-9-. The molecule has 0 saturated carbocycles. The molecule has 4 rings (SSSR count). The topological polar surface area (TPSA) is 51.1 Å². The van der Waals surface area contributed by atoms with Gasteiger partial charge in [-0.1, -0.05) is 12.2 Å². The van der Waals surface area contributed by atoms with Crippen LogP contribution in [0.15, 0.2) is 61.6 Å². The summed E-state index contributed by atoms with van der Waals surface area (Å²) in [6.07, 6.45) is 10.4. The Morgan fingerprint density at radius 3 is 3.00 bits per heavy atom.